The summed E-state index contributed by atoms with van der Waals surface area (Å²) >= 11 is 0. The van der Waals surface area contributed by atoms with Gasteiger partial charge in [-0.3, -0.25) is 0 Å². The maximum Gasteiger partial charge on any atom is 0.382 e. The Kier molecular flexibility index (Phi) is 24.4. The number of hydrogen-bond donors (Lipinski definition) is 1. The number of hydrogen-bond acceptors (Lipinski definition) is 1. The molecule has 0 spiro atoms. The molecule has 0 aliphatic carbocycles. The van der Waals surface area contributed by atoms with Gasteiger partial charge in [0.2, 0.25) is 0 Å². The number of aliphatic carboxylic acids is 1. The second kappa shape index (κ2) is 25.6. The molecule has 1 N–H and O–H groups in total. The van der Waals surface area contributed by atoms with E-state index in [9.17, 15) is 4.79 Å². The molecule has 0 atom stereocenters. The molecule has 2 nitrogen and oxygen atoms in total. The van der Waals surface area contributed by atoms with Crippen molar-refractivity contribution < 1.29 is 9.90 Å². The molecule has 0 radical (unpaired) electrons. The second-order valence-corrected chi connectivity index (χ2v) is 8.68. The van der Waals surface area contributed by atoms with Crippen molar-refractivity contribution in [2.75, 3.05) is 0 Å². The fraction of sp³-hybridized carbons (Fsp3) is 0.821. The molecule has 0 saturated carbocycles. The van der Waals surface area contributed by atoms with Crippen LogP contribution < -0.4 is 0 Å². The van der Waals surface area contributed by atoms with Crippen LogP contribution in [0.25, 0.3) is 0 Å². The minimum atomic E-state index is -1.11. The molecule has 0 bridgehead atoms. The Morgan fingerprint density at radius 1 is 0.533 bits per heavy atom. The smallest absolute Gasteiger partial charge is 0.382 e. The van der Waals surface area contributed by atoms with E-state index >= 15 is 0 Å². The minimum Gasteiger partial charge on any atom is -0.472 e. The average molecular weight is 417 g/mol. The number of rotatable bonds is 21. The van der Waals surface area contributed by atoms with Crippen molar-refractivity contribution in [1.82, 2.24) is 0 Å². The number of carboxylic acid groups (broad SMARTS) is 1. The van der Waals surface area contributed by atoms with Crippen molar-refractivity contribution in [1.29, 1.82) is 0 Å². The van der Waals surface area contributed by atoms with Crippen LogP contribution in [-0.4, -0.2) is 11.1 Å². The topological polar surface area (TPSA) is 37.3 Å². The van der Waals surface area contributed by atoms with Gasteiger partial charge < -0.3 is 5.11 Å². The van der Waals surface area contributed by atoms with Gasteiger partial charge >= 0.3 is 5.97 Å². The van der Waals surface area contributed by atoms with Crippen molar-refractivity contribution in [2.45, 2.75) is 148 Å². The SMILES string of the molecule is CCCCCCCCCCCCCCCCCCCCCCCC#CC#CC(=O)O. The summed E-state index contributed by atoms with van der Waals surface area (Å²) < 4.78 is 0. The standard InChI is InChI=1S/C28H48O2/c1-2-3-4-5-6-7-8-9-10-11-12-13-14-15-16-17-18-19-20-21-22-23-24-25-26-27-28(29)30/h2-23H2,1H3,(H,29,30). The van der Waals surface area contributed by atoms with Crippen molar-refractivity contribution in [3.63, 3.8) is 0 Å². The lowest BCUT2D eigenvalue weighted by Crippen LogP contribution is -1.85. The Morgan fingerprint density at radius 2 is 0.867 bits per heavy atom. The lowest BCUT2D eigenvalue weighted by molar-refractivity contribution is -0.130. The van der Waals surface area contributed by atoms with Crippen LogP contribution in [0.4, 0.5) is 0 Å². The fourth-order valence-corrected chi connectivity index (χ4v) is 3.84. The molecular formula is C28H48O2. The molecule has 0 fully saturated rings. The van der Waals surface area contributed by atoms with Crippen LogP contribution in [-0.2, 0) is 4.79 Å². The van der Waals surface area contributed by atoms with Gasteiger partial charge in [0.1, 0.15) is 0 Å². The summed E-state index contributed by atoms with van der Waals surface area (Å²) in [5, 5.41) is 8.35. The van der Waals surface area contributed by atoms with E-state index < -0.39 is 5.97 Å². The van der Waals surface area contributed by atoms with Crippen LogP contribution in [0.1, 0.15) is 148 Å². The van der Waals surface area contributed by atoms with Crippen molar-refractivity contribution >= 4 is 5.97 Å². The van der Waals surface area contributed by atoms with Crippen LogP contribution in [0.2, 0.25) is 0 Å². The van der Waals surface area contributed by atoms with Gasteiger partial charge in [-0.15, -0.1) is 0 Å². The van der Waals surface area contributed by atoms with E-state index in [0.717, 1.165) is 12.8 Å². The molecule has 0 heterocycles. The highest BCUT2D eigenvalue weighted by atomic mass is 16.4. The zero-order valence-corrected chi connectivity index (χ0v) is 19.9. The summed E-state index contributed by atoms with van der Waals surface area (Å²) in [7, 11) is 0. The van der Waals surface area contributed by atoms with E-state index in [1.807, 2.05) is 5.92 Å². The van der Waals surface area contributed by atoms with E-state index in [-0.39, 0.29) is 0 Å². The first-order valence-corrected chi connectivity index (χ1v) is 13.0. The third kappa shape index (κ3) is 26.6. The maximum absolute atomic E-state index is 10.2. The monoisotopic (exact) mass is 416 g/mol. The van der Waals surface area contributed by atoms with Gasteiger partial charge in [-0.05, 0) is 18.3 Å². The first kappa shape index (κ1) is 28.6. The number of carboxylic acids is 1. The van der Waals surface area contributed by atoms with Gasteiger partial charge in [0, 0.05) is 12.3 Å². The van der Waals surface area contributed by atoms with Gasteiger partial charge in [-0.2, -0.15) is 0 Å². The van der Waals surface area contributed by atoms with Crippen molar-refractivity contribution in [2.24, 2.45) is 0 Å². The number of unbranched alkanes of at least 4 members (excludes halogenated alkanes) is 21. The zero-order chi connectivity index (χ0) is 22.0. The molecule has 0 aliphatic rings. The van der Waals surface area contributed by atoms with E-state index in [2.05, 4.69) is 24.7 Å². The third-order valence-corrected chi connectivity index (χ3v) is 5.73. The van der Waals surface area contributed by atoms with E-state index in [1.165, 1.54) is 128 Å². The lowest BCUT2D eigenvalue weighted by atomic mass is 10.0. The zero-order valence-electron chi connectivity index (χ0n) is 19.9. The highest BCUT2D eigenvalue weighted by Crippen LogP contribution is 2.15. The van der Waals surface area contributed by atoms with E-state index in [1.54, 1.807) is 0 Å². The highest BCUT2D eigenvalue weighted by Gasteiger charge is 1.95. The first-order chi connectivity index (χ1) is 14.8. The first-order valence-electron chi connectivity index (χ1n) is 13.0. The molecular weight excluding hydrogens is 368 g/mol. The summed E-state index contributed by atoms with van der Waals surface area (Å²) in [4.78, 5) is 10.2. The van der Waals surface area contributed by atoms with Gasteiger partial charge in [0.05, 0.1) is 0 Å². The van der Waals surface area contributed by atoms with Crippen LogP contribution in [0.5, 0.6) is 0 Å². The second-order valence-electron chi connectivity index (χ2n) is 8.68. The Hall–Kier alpha value is -1.41. The van der Waals surface area contributed by atoms with Gasteiger partial charge in [-0.1, -0.05) is 141 Å². The Balaban J connectivity index is 3.10. The van der Waals surface area contributed by atoms with Crippen LogP contribution in [0.15, 0.2) is 0 Å². The van der Waals surface area contributed by atoms with Crippen LogP contribution in [0.3, 0.4) is 0 Å². The molecule has 0 rings (SSSR count). The molecule has 30 heavy (non-hydrogen) atoms. The largest absolute Gasteiger partial charge is 0.472 e. The summed E-state index contributed by atoms with van der Waals surface area (Å²) in [5.74, 6) is 8.73. The van der Waals surface area contributed by atoms with Gasteiger partial charge in [0.15, 0.2) is 0 Å². The van der Waals surface area contributed by atoms with Crippen LogP contribution in [0, 0.1) is 23.7 Å². The normalized spacial score (nSPS) is 10.2. The summed E-state index contributed by atoms with van der Waals surface area (Å²) in [5.41, 5.74) is 0. The quantitative estimate of drug-likeness (QED) is 0.150. The van der Waals surface area contributed by atoms with Crippen molar-refractivity contribution in [3.05, 3.63) is 0 Å². The van der Waals surface area contributed by atoms with Crippen molar-refractivity contribution in [3.8, 4) is 23.7 Å². The molecule has 0 aromatic rings. The molecule has 2 heteroatoms. The lowest BCUT2D eigenvalue weighted by Gasteiger charge is -2.04. The minimum absolute atomic E-state index is 0.827. The van der Waals surface area contributed by atoms with E-state index in [0.29, 0.717) is 0 Å². The van der Waals surface area contributed by atoms with Gasteiger partial charge in [-0.25, -0.2) is 4.79 Å². The predicted octanol–water partition coefficient (Wildman–Crippen LogP) is 8.68. The Bertz CT molecular complexity index is 486. The predicted molar refractivity (Wildman–Crippen MR) is 130 cm³/mol. The van der Waals surface area contributed by atoms with Gasteiger partial charge in [0.25, 0.3) is 0 Å². The number of carbonyl (C=O) groups is 1. The highest BCUT2D eigenvalue weighted by molar-refractivity contribution is 5.87. The Labute approximate surface area is 188 Å². The average Bonchev–Trinajstić information content (AvgIpc) is 2.73. The Morgan fingerprint density at radius 3 is 1.20 bits per heavy atom. The molecule has 172 valence electrons. The maximum atomic E-state index is 10.2. The molecule has 0 unspecified atom stereocenters. The molecule has 0 amide bonds. The molecule has 0 aliphatic heterocycles. The fourth-order valence-electron chi connectivity index (χ4n) is 3.84. The molecule has 0 saturated heterocycles. The summed E-state index contributed by atoms with van der Waals surface area (Å²) in [6, 6.07) is 0. The molecule has 0 aromatic carbocycles. The van der Waals surface area contributed by atoms with Crippen LogP contribution >= 0.6 is 0 Å². The molecule has 0 aromatic heterocycles. The summed E-state index contributed by atoms with van der Waals surface area (Å²) in [6.07, 6.45) is 30.1. The van der Waals surface area contributed by atoms with E-state index in [4.69, 9.17) is 5.11 Å². The third-order valence-electron chi connectivity index (χ3n) is 5.73. The summed E-state index contributed by atoms with van der Waals surface area (Å²) in [6.45, 7) is 2.29.